The minimum absolute atomic E-state index is 0.00840. The molecule has 104 valence electrons. The van der Waals surface area contributed by atoms with Gasteiger partial charge >= 0.3 is 5.97 Å². The zero-order valence-electron chi connectivity index (χ0n) is 10.7. The van der Waals surface area contributed by atoms with Gasteiger partial charge in [0.1, 0.15) is 0 Å². The number of nitrogens with one attached hydrogen (secondary N) is 1. The molecule has 0 radical (unpaired) electrons. The Bertz CT molecular complexity index is 582. The van der Waals surface area contributed by atoms with Crippen LogP contribution in [0.15, 0.2) is 29.2 Å². The summed E-state index contributed by atoms with van der Waals surface area (Å²) in [6.45, 7) is 2.17. The van der Waals surface area contributed by atoms with E-state index in [9.17, 15) is 18.3 Å². The van der Waals surface area contributed by atoms with Gasteiger partial charge in [0.25, 0.3) is 0 Å². The van der Waals surface area contributed by atoms with E-state index in [2.05, 4.69) is 5.32 Å². The molecule has 1 fully saturated rings. The van der Waals surface area contributed by atoms with Gasteiger partial charge in [-0.25, -0.2) is 8.42 Å². The van der Waals surface area contributed by atoms with Crippen molar-refractivity contribution in [2.75, 3.05) is 12.3 Å². The first kappa shape index (κ1) is 14.0. The summed E-state index contributed by atoms with van der Waals surface area (Å²) >= 11 is 0. The zero-order chi connectivity index (χ0) is 14.0. The van der Waals surface area contributed by atoms with E-state index in [1.54, 1.807) is 31.2 Å². The monoisotopic (exact) mass is 283 g/mol. The largest absolute Gasteiger partial charge is 0.481 e. The molecule has 0 saturated carbocycles. The maximum Gasteiger partial charge on any atom is 0.308 e. The molecular weight excluding hydrogens is 266 g/mol. The summed E-state index contributed by atoms with van der Waals surface area (Å²) in [5.74, 6) is -1.46. The second kappa shape index (κ2) is 5.30. The van der Waals surface area contributed by atoms with Gasteiger partial charge in [0.05, 0.1) is 16.6 Å². The lowest BCUT2D eigenvalue weighted by atomic mass is 9.94. The van der Waals surface area contributed by atoms with Crippen LogP contribution in [0.3, 0.4) is 0 Å². The quantitative estimate of drug-likeness (QED) is 0.868. The lowest BCUT2D eigenvalue weighted by Gasteiger charge is -2.19. The number of carbonyl (C=O) groups is 1. The normalized spacial score (nSPS) is 23.4. The molecular formula is C13H17NO4S. The van der Waals surface area contributed by atoms with Crippen LogP contribution < -0.4 is 5.32 Å². The van der Waals surface area contributed by atoms with Crippen LogP contribution in [0.5, 0.6) is 0 Å². The number of aliphatic carboxylic acids is 1. The second-order valence-corrected chi connectivity index (χ2v) is 6.85. The Morgan fingerprint density at radius 1 is 1.42 bits per heavy atom. The Morgan fingerprint density at radius 2 is 2.11 bits per heavy atom. The van der Waals surface area contributed by atoms with Crippen molar-refractivity contribution in [1.29, 1.82) is 0 Å². The maximum absolute atomic E-state index is 12.1. The van der Waals surface area contributed by atoms with Crippen LogP contribution in [-0.4, -0.2) is 31.8 Å². The zero-order valence-corrected chi connectivity index (χ0v) is 11.5. The fourth-order valence-electron chi connectivity index (χ4n) is 2.47. The average molecular weight is 283 g/mol. The van der Waals surface area contributed by atoms with E-state index in [-0.39, 0.29) is 10.6 Å². The Hall–Kier alpha value is -1.40. The van der Waals surface area contributed by atoms with Crippen LogP contribution in [-0.2, 0) is 14.6 Å². The first-order chi connectivity index (χ1) is 8.97. The van der Waals surface area contributed by atoms with Gasteiger partial charge in [-0.2, -0.15) is 0 Å². The van der Waals surface area contributed by atoms with E-state index in [1.165, 1.54) is 0 Å². The van der Waals surface area contributed by atoms with Gasteiger partial charge in [0.2, 0.25) is 0 Å². The molecule has 6 heteroatoms. The van der Waals surface area contributed by atoms with Crippen LogP contribution in [0.25, 0.3) is 0 Å². The molecule has 1 aliphatic rings. The van der Waals surface area contributed by atoms with Crippen molar-refractivity contribution in [3.8, 4) is 0 Å². The predicted octanol–water partition coefficient (Wildman–Crippen LogP) is 1.22. The Labute approximate surface area is 112 Å². The van der Waals surface area contributed by atoms with E-state index in [1.807, 2.05) is 0 Å². The number of sulfone groups is 1. The number of hydrogen-bond donors (Lipinski definition) is 2. The van der Waals surface area contributed by atoms with Crippen molar-refractivity contribution in [2.24, 2.45) is 5.92 Å². The Balaban J connectivity index is 2.49. The van der Waals surface area contributed by atoms with Crippen molar-refractivity contribution < 1.29 is 18.3 Å². The highest BCUT2D eigenvalue weighted by Gasteiger charge is 2.36. The van der Waals surface area contributed by atoms with Crippen LogP contribution >= 0.6 is 0 Å². The highest BCUT2D eigenvalue weighted by Crippen LogP contribution is 2.33. The number of hydrogen-bond acceptors (Lipinski definition) is 4. The fraction of sp³-hybridized carbons (Fsp3) is 0.462. The predicted molar refractivity (Wildman–Crippen MR) is 70.7 cm³/mol. The summed E-state index contributed by atoms with van der Waals surface area (Å²) in [6.07, 6.45) is 0.514. The van der Waals surface area contributed by atoms with Gasteiger partial charge in [-0.1, -0.05) is 25.1 Å². The van der Waals surface area contributed by atoms with Crippen molar-refractivity contribution in [3.63, 3.8) is 0 Å². The fourth-order valence-corrected chi connectivity index (χ4v) is 3.62. The summed E-state index contributed by atoms with van der Waals surface area (Å²) in [7, 11) is -3.35. The van der Waals surface area contributed by atoms with E-state index < -0.39 is 27.8 Å². The molecule has 1 aliphatic heterocycles. The molecule has 0 amide bonds. The van der Waals surface area contributed by atoms with Crippen LogP contribution in [0.2, 0.25) is 0 Å². The lowest BCUT2D eigenvalue weighted by molar-refractivity contribution is -0.142. The molecule has 2 rings (SSSR count). The van der Waals surface area contributed by atoms with Gasteiger partial charge in [-0.15, -0.1) is 0 Å². The van der Waals surface area contributed by atoms with E-state index in [0.717, 1.165) is 0 Å². The summed E-state index contributed by atoms with van der Waals surface area (Å²) in [4.78, 5) is 11.5. The lowest BCUT2D eigenvalue weighted by Crippen LogP contribution is -2.25. The summed E-state index contributed by atoms with van der Waals surface area (Å²) in [5, 5.41) is 12.3. The van der Waals surface area contributed by atoms with Gasteiger partial charge in [0, 0.05) is 6.04 Å². The molecule has 2 atom stereocenters. The molecule has 5 nitrogen and oxygen atoms in total. The van der Waals surface area contributed by atoms with Crippen molar-refractivity contribution in [2.45, 2.75) is 24.3 Å². The number of carboxylic acid groups (broad SMARTS) is 1. The standard InChI is InChI=1S/C13H17NO4S/c1-2-19(17,18)11-6-4-3-5-9(11)12-10(13(15)16)7-8-14-12/h3-6,10,12,14H,2,7-8H2,1H3,(H,15,16). The number of carboxylic acids is 1. The van der Waals surface area contributed by atoms with Crippen LogP contribution in [0.1, 0.15) is 24.9 Å². The van der Waals surface area contributed by atoms with E-state index in [0.29, 0.717) is 18.5 Å². The first-order valence-electron chi connectivity index (χ1n) is 6.25. The minimum atomic E-state index is -3.35. The molecule has 0 aliphatic carbocycles. The smallest absolute Gasteiger partial charge is 0.308 e. The molecule has 0 aromatic heterocycles. The van der Waals surface area contributed by atoms with Crippen LogP contribution in [0.4, 0.5) is 0 Å². The molecule has 1 aromatic carbocycles. The SMILES string of the molecule is CCS(=O)(=O)c1ccccc1C1NCCC1C(=O)O. The maximum atomic E-state index is 12.1. The molecule has 2 N–H and O–H groups in total. The average Bonchev–Trinajstić information content (AvgIpc) is 2.88. The molecule has 1 saturated heterocycles. The number of rotatable bonds is 4. The van der Waals surface area contributed by atoms with Gasteiger partial charge in [-0.05, 0) is 24.6 Å². The third-order valence-corrected chi connectivity index (χ3v) is 5.31. The van der Waals surface area contributed by atoms with Crippen molar-refractivity contribution >= 4 is 15.8 Å². The molecule has 0 spiro atoms. The Kier molecular flexibility index (Phi) is 3.91. The third-order valence-electron chi connectivity index (χ3n) is 3.51. The Morgan fingerprint density at radius 3 is 2.74 bits per heavy atom. The van der Waals surface area contributed by atoms with Crippen molar-refractivity contribution in [1.82, 2.24) is 5.32 Å². The summed E-state index contributed by atoms with van der Waals surface area (Å²) in [5.41, 5.74) is 0.564. The minimum Gasteiger partial charge on any atom is -0.481 e. The highest BCUT2D eigenvalue weighted by molar-refractivity contribution is 7.91. The molecule has 0 bridgehead atoms. The van der Waals surface area contributed by atoms with Gasteiger partial charge < -0.3 is 10.4 Å². The van der Waals surface area contributed by atoms with Crippen molar-refractivity contribution in [3.05, 3.63) is 29.8 Å². The second-order valence-electron chi connectivity index (χ2n) is 4.61. The summed E-state index contributed by atoms with van der Waals surface area (Å²) < 4.78 is 24.2. The molecule has 1 heterocycles. The topological polar surface area (TPSA) is 83.5 Å². The molecule has 19 heavy (non-hydrogen) atoms. The van der Waals surface area contributed by atoms with Gasteiger partial charge in [-0.3, -0.25) is 4.79 Å². The summed E-state index contributed by atoms with van der Waals surface area (Å²) in [6, 6.07) is 6.21. The van der Waals surface area contributed by atoms with Gasteiger partial charge in [0.15, 0.2) is 9.84 Å². The molecule has 1 aromatic rings. The first-order valence-corrected chi connectivity index (χ1v) is 7.90. The number of benzene rings is 1. The third kappa shape index (κ3) is 2.64. The van der Waals surface area contributed by atoms with E-state index >= 15 is 0 Å². The van der Waals surface area contributed by atoms with E-state index in [4.69, 9.17) is 0 Å². The van der Waals surface area contributed by atoms with Crippen LogP contribution in [0, 0.1) is 5.92 Å². The highest BCUT2D eigenvalue weighted by atomic mass is 32.2. The molecule has 2 unspecified atom stereocenters.